The molecule has 2 rings (SSSR count). The van der Waals surface area contributed by atoms with E-state index in [4.69, 9.17) is 4.74 Å². The molecule has 0 spiro atoms. The molecule has 0 saturated carbocycles. The van der Waals surface area contributed by atoms with E-state index in [1.807, 2.05) is 0 Å². The lowest BCUT2D eigenvalue weighted by molar-refractivity contribution is 0.103. The lowest BCUT2D eigenvalue weighted by Gasteiger charge is -2.25. The highest BCUT2D eigenvalue weighted by atomic mass is 32.2. The molecule has 142 valence electrons. The number of hydrogen-bond acceptors (Lipinski definition) is 7. The summed E-state index contributed by atoms with van der Waals surface area (Å²) in [6, 6.07) is 2.88. The van der Waals surface area contributed by atoms with Crippen LogP contribution >= 0.6 is 0 Å². The zero-order chi connectivity index (χ0) is 19.6. The van der Waals surface area contributed by atoms with Crippen LogP contribution in [0.25, 0.3) is 0 Å². The Hall–Kier alpha value is -2.39. The second kappa shape index (κ2) is 7.46. The van der Waals surface area contributed by atoms with Gasteiger partial charge in [-0.3, -0.25) is 4.79 Å². The Bertz CT molecular complexity index is 934. The van der Waals surface area contributed by atoms with Gasteiger partial charge >= 0.3 is 0 Å². The van der Waals surface area contributed by atoms with Crippen molar-refractivity contribution in [1.29, 1.82) is 0 Å². The number of rotatable bonds is 7. The first-order chi connectivity index (χ1) is 12.1. The van der Waals surface area contributed by atoms with E-state index in [1.165, 1.54) is 30.1 Å². The average molecular weight is 381 g/mol. The Balaban J connectivity index is 2.63. The Labute approximate surface area is 152 Å². The molecule has 0 saturated heterocycles. The Kier molecular flexibility index (Phi) is 5.72. The molecule has 0 amide bonds. The first-order valence-corrected chi connectivity index (χ1v) is 9.78. The molecule has 0 aliphatic carbocycles. The van der Waals surface area contributed by atoms with Crippen molar-refractivity contribution in [3.05, 3.63) is 35.0 Å². The number of carbonyl (C=O) groups is 1. The number of aryl methyl sites for hydroxylation is 1. The minimum absolute atomic E-state index is 0.0631. The van der Waals surface area contributed by atoms with Crippen LogP contribution in [-0.2, 0) is 21.6 Å². The molecule has 26 heavy (non-hydrogen) atoms. The van der Waals surface area contributed by atoms with Crippen LogP contribution in [0.5, 0.6) is 5.88 Å². The van der Waals surface area contributed by atoms with Gasteiger partial charge in [0.1, 0.15) is 5.56 Å². The third-order valence-corrected chi connectivity index (χ3v) is 5.33. The standard InChI is InChI=1S/C17H23N3O5S/c1-11-12(16(21)13-10-18-20(3)17(13)22)6-7-14(26(5,23)24)15(11)19(2)8-9-25-4/h6-7,10,22H,8-9H2,1-5H3. The molecule has 0 aliphatic heterocycles. The normalized spacial score (nSPS) is 11.6. The molecule has 0 atom stereocenters. The van der Waals surface area contributed by atoms with E-state index in [9.17, 15) is 18.3 Å². The van der Waals surface area contributed by atoms with Gasteiger partial charge in [-0.15, -0.1) is 0 Å². The molecule has 0 aliphatic rings. The number of sulfone groups is 1. The summed E-state index contributed by atoms with van der Waals surface area (Å²) in [6.07, 6.45) is 2.42. The summed E-state index contributed by atoms with van der Waals surface area (Å²) < 4.78 is 30.6. The van der Waals surface area contributed by atoms with E-state index in [-0.39, 0.29) is 16.3 Å². The van der Waals surface area contributed by atoms with Gasteiger partial charge in [-0.1, -0.05) is 0 Å². The summed E-state index contributed by atoms with van der Waals surface area (Å²) in [5.41, 5.74) is 1.33. The molecule has 8 nitrogen and oxygen atoms in total. The predicted molar refractivity (Wildman–Crippen MR) is 97.7 cm³/mol. The van der Waals surface area contributed by atoms with Gasteiger partial charge in [0, 0.05) is 39.6 Å². The van der Waals surface area contributed by atoms with Crippen molar-refractivity contribution in [3.63, 3.8) is 0 Å². The number of hydrogen-bond donors (Lipinski definition) is 1. The Morgan fingerprint density at radius 2 is 2.00 bits per heavy atom. The number of anilines is 1. The molecule has 1 aromatic heterocycles. The van der Waals surface area contributed by atoms with Gasteiger partial charge in [0.25, 0.3) is 0 Å². The van der Waals surface area contributed by atoms with E-state index in [2.05, 4.69) is 5.10 Å². The van der Waals surface area contributed by atoms with E-state index in [1.54, 1.807) is 26.0 Å². The maximum Gasteiger partial charge on any atom is 0.220 e. The topological polar surface area (TPSA) is 102 Å². The first kappa shape index (κ1) is 19.9. The van der Waals surface area contributed by atoms with Crippen LogP contribution in [0.3, 0.4) is 0 Å². The number of likely N-dealkylation sites (N-methyl/N-ethyl adjacent to an activating group) is 1. The van der Waals surface area contributed by atoms with Gasteiger partial charge < -0.3 is 14.7 Å². The monoisotopic (exact) mass is 381 g/mol. The summed E-state index contributed by atoms with van der Waals surface area (Å²) >= 11 is 0. The number of carbonyl (C=O) groups excluding carboxylic acids is 1. The maximum absolute atomic E-state index is 12.8. The van der Waals surface area contributed by atoms with Gasteiger partial charge in [0.15, 0.2) is 15.6 Å². The Morgan fingerprint density at radius 1 is 1.35 bits per heavy atom. The fourth-order valence-electron chi connectivity index (χ4n) is 2.77. The second-order valence-corrected chi connectivity index (χ2v) is 8.09. The van der Waals surface area contributed by atoms with Crippen LogP contribution in [0.2, 0.25) is 0 Å². The summed E-state index contributed by atoms with van der Waals surface area (Å²) in [6.45, 7) is 2.55. The third-order valence-electron chi connectivity index (χ3n) is 4.20. The van der Waals surface area contributed by atoms with E-state index >= 15 is 0 Å². The number of benzene rings is 1. The van der Waals surface area contributed by atoms with Crippen LogP contribution in [0, 0.1) is 6.92 Å². The van der Waals surface area contributed by atoms with Crippen LogP contribution < -0.4 is 4.90 Å². The lowest BCUT2D eigenvalue weighted by atomic mass is 9.99. The second-order valence-electron chi connectivity index (χ2n) is 6.11. The number of aromatic hydroxyl groups is 1. The van der Waals surface area contributed by atoms with Gasteiger partial charge in [-0.25, -0.2) is 13.1 Å². The van der Waals surface area contributed by atoms with E-state index in [0.717, 1.165) is 6.26 Å². The van der Waals surface area contributed by atoms with Crippen molar-refractivity contribution >= 4 is 21.3 Å². The lowest BCUT2D eigenvalue weighted by Crippen LogP contribution is -2.25. The number of aromatic nitrogens is 2. The van der Waals surface area contributed by atoms with E-state index < -0.39 is 15.6 Å². The predicted octanol–water partition coefficient (Wildman–Crippen LogP) is 1.15. The maximum atomic E-state index is 12.8. The number of ketones is 1. The molecular weight excluding hydrogens is 358 g/mol. The quantitative estimate of drug-likeness (QED) is 0.718. The highest BCUT2D eigenvalue weighted by Crippen LogP contribution is 2.33. The molecule has 9 heteroatoms. The summed E-state index contributed by atoms with van der Waals surface area (Å²) in [7, 11) is 1.33. The highest BCUT2D eigenvalue weighted by Gasteiger charge is 2.25. The van der Waals surface area contributed by atoms with Crippen molar-refractivity contribution < 1.29 is 23.1 Å². The summed E-state index contributed by atoms with van der Waals surface area (Å²) in [5, 5.41) is 13.9. The summed E-state index contributed by atoms with van der Waals surface area (Å²) in [4.78, 5) is 14.7. The molecule has 0 fully saturated rings. The smallest absolute Gasteiger partial charge is 0.220 e. The van der Waals surface area contributed by atoms with Crippen molar-refractivity contribution in [2.24, 2.45) is 7.05 Å². The molecule has 0 radical (unpaired) electrons. The van der Waals surface area contributed by atoms with Crippen LogP contribution in [-0.4, -0.2) is 62.7 Å². The SMILES string of the molecule is COCCN(C)c1c(S(C)(=O)=O)ccc(C(=O)c2cnn(C)c2O)c1C. The molecule has 1 heterocycles. The molecule has 0 bridgehead atoms. The van der Waals surface area contributed by atoms with E-state index in [0.29, 0.717) is 30.0 Å². The van der Waals surface area contributed by atoms with Gasteiger partial charge in [0.2, 0.25) is 5.88 Å². The average Bonchev–Trinajstić information content (AvgIpc) is 2.90. The fraction of sp³-hybridized carbons (Fsp3) is 0.412. The largest absolute Gasteiger partial charge is 0.493 e. The highest BCUT2D eigenvalue weighted by molar-refractivity contribution is 7.90. The van der Waals surface area contributed by atoms with Crippen LogP contribution in [0.15, 0.2) is 23.2 Å². The van der Waals surface area contributed by atoms with Gasteiger partial charge in [-0.05, 0) is 24.6 Å². The molecule has 1 N–H and O–H groups in total. The summed E-state index contributed by atoms with van der Waals surface area (Å²) in [5.74, 6) is -0.662. The molecular formula is C17H23N3O5S. The number of ether oxygens (including phenoxy) is 1. The fourth-order valence-corrected chi connectivity index (χ4v) is 3.75. The van der Waals surface area contributed by atoms with Crippen molar-refractivity contribution in [1.82, 2.24) is 9.78 Å². The number of nitrogens with zero attached hydrogens (tertiary/aromatic N) is 3. The van der Waals surface area contributed by atoms with Crippen molar-refractivity contribution in [3.8, 4) is 5.88 Å². The zero-order valence-corrected chi connectivity index (χ0v) is 16.3. The Morgan fingerprint density at radius 3 is 2.50 bits per heavy atom. The van der Waals surface area contributed by atoms with Crippen molar-refractivity contribution in [2.75, 3.05) is 38.5 Å². The molecule has 0 unspecified atom stereocenters. The van der Waals surface area contributed by atoms with Crippen molar-refractivity contribution in [2.45, 2.75) is 11.8 Å². The number of methoxy groups -OCH3 is 1. The zero-order valence-electron chi connectivity index (χ0n) is 15.5. The molecule has 1 aromatic carbocycles. The van der Waals surface area contributed by atoms with Crippen LogP contribution in [0.1, 0.15) is 21.5 Å². The van der Waals surface area contributed by atoms with Gasteiger partial charge in [0.05, 0.1) is 23.4 Å². The van der Waals surface area contributed by atoms with Gasteiger partial charge in [-0.2, -0.15) is 5.10 Å². The first-order valence-electron chi connectivity index (χ1n) is 7.89. The minimum Gasteiger partial charge on any atom is -0.493 e. The molecule has 2 aromatic rings. The minimum atomic E-state index is -3.50. The van der Waals surface area contributed by atoms with Crippen LogP contribution in [0.4, 0.5) is 5.69 Å². The third kappa shape index (κ3) is 3.73.